The minimum Gasteiger partial charge on any atom is -0.208 e. The standard InChI is InChI=1S/C53H33N3/c1-3-12-37(13-4-1)51-54-52(38-14-5-2-6-15-38)56-53(55-51)39-28-26-35(27-29-39)41-31-30-40(43-16-7-8-17-44(41)43)34-22-24-36(25-23-34)42-32-33-49-46-19-10-9-18-45(46)48-21-11-20-47(42)50(48)49/h1-33H. The molecule has 56 heavy (non-hydrogen) atoms. The molecular weight excluding hydrogens is 679 g/mol. The van der Waals surface area contributed by atoms with Crippen molar-refractivity contribution >= 4 is 21.5 Å². The summed E-state index contributed by atoms with van der Waals surface area (Å²) in [6.07, 6.45) is 0. The van der Waals surface area contributed by atoms with Gasteiger partial charge in [0.25, 0.3) is 0 Å². The molecule has 1 aliphatic rings. The van der Waals surface area contributed by atoms with E-state index in [0.717, 1.165) is 22.3 Å². The van der Waals surface area contributed by atoms with Crippen LogP contribution < -0.4 is 0 Å². The first-order chi connectivity index (χ1) is 27.8. The second kappa shape index (κ2) is 13.1. The molecule has 0 saturated carbocycles. The van der Waals surface area contributed by atoms with Crippen LogP contribution in [0.4, 0.5) is 0 Å². The van der Waals surface area contributed by atoms with Gasteiger partial charge < -0.3 is 0 Å². The van der Waals surface area contributed by atoms with E-state index in [0.29, 0.717) is 17.5 Å². The van der Waals surface area contributed by atoms with Gasteiger partial charge in [-0.2, -0.15) is 0 Å². The molecule has 0 unspecified atom stereocenters. The SMILES string of the molecule is c1ccc(-c2nc(-c3ccccc3)nc(-c3ccc(-c4ccc(-c5ccc(-c6ccc7c8c(cccc68)-c6ccccc6-7)cc5)c5ccccc45)cc3)n2)cc1. The average molecular weight is 712 g/mol. The predicted molar refractivity (Wildman–Crippen MR) is 232 cm³/mol. The molecule has 0 N–H and O–H groups in total. The quantitative estimate of drug-likeness (QED) is 0.172. The number of benzene rings is 9. The third-order valence-corrected chi connectivity index (χ3v) is 11.1. The lowest BCUT2D eigenvalue weighted by Crippen LogP contribution is -2.00. The Morgan fingerprint density at radius 1 is 0.196 bits per heavy atom. The number of aromatic nitrogens is 3. The molecule has 0 saturated heterocycles. The van der Waals surface area contributed by atoms with Crippen LogP contribution in [0.15, 0.2) is 200 Å². The Kier molecular flexibility index (Phi) is 7.49. The lowest BCUT2D eigenvalue weighted by atomic mass is 9.90. The van der Waals surface area contributed by atoms with E-state index >= 15 is 0 Å². The average Bonchev–Trinajstić information content (AvgIpc) is 3.61. The zero-order valence-corrected chi connectivity index (χ0v) is 30.4. The smallest absolute Gasteiger partial charge is 0.164 e. The molecule has 0 bridgehead atoms. The first kappa shape index (κ1) is 32.0. The highest BCUT2D eigenvalue weighted by Crippen LogP contribution is 2.49. The van der Waals surface area contributed by atoms with Crippen LogP contribution in [0.3, 0.4) is 0 Å². The van der Waals surface area contributed by atoms with E-state index in [1.165, 1.54) is 71.6 Å². The van der Waals surface area contributed by atoms with E-state index in [-0.39, 0.29) is 0 Å². The van der Waals surface area contributed by atoms with E-state index in [4.69, 9.17) is 15.0 Å². The van der Waals surface area contributed by atoms with E-state index in [2.05, 4.69) is 140 Å². The Balaban J connectivity index is 0.934. The van der Waals surface area contributed by atoms with E-state index in [9.17, 15) is 0 Å². The number of hydrogen-bond acceptors (Lipinski definition) is 3. The van der Waals surface area contributed by atoms with Crippen LogP contribution in [0.25, 0.3) is 111 Å². The second-order valence-corrected chi connectivity index (χ2v) is 14.3. The fraction of sp³-hybridized carbons (Fsp3) is 0. The Morgan fingerprint density at radius 2 is 0.518 bits per heavy atom. The summed E-state index contributed by atoms with van der Waals surface area (Å²) in [5.41, 5.74) is 15.4. The molecule has 0 atom stereocenters. The summed E-state index contributed by atoms with van der Waals surface area (Å²) in [6, 6.07) is 71.2. The monoisotopic (exact) mass is 711 g/mol. The molecular formula is C53H33N3. The van der Waals surface area contributed by atoms with E-state index < -0.39 is 0 Å². The molecule has 0 spiro atoms. The summed E-state index contributed by atoms with van der Waals surface area (Å²) >= 11 is 0. The van der Waals surface area contributed by atoms with Crippen LogP contribution in [0.5, 0.6) is 0 Å². The third kappa shape index (κ3) is 5.32. The van der Waals surface area contributed by atoms with E-state index in [1.54, 1.807) is 0 Å². The van der Waals surface area contributed by atoms with Gasteiger partial charge in [-0.3, -0.25) is 0 Å². The molecule has 1 aromatic heterocycles. The highest BCUT2D eigenvalue weighted by molar-refractivity contribution is 6.18. The third-order valence-electron chi connectivity index (χ3n) is 11.1. The zero-order valence-electron chi connectivity index (χ0n) is 30.4. The maximum atomic E-state index is 4.93. The Bertz CT molecular complexity index is 3010. The molecule has 10 aromatic rings. The highest BCUT2D eigenvalue weighted by Gasteiger charge is 2.22. The van der Waals surface area contributed by atoms with Crippen LogP contribution >= 0.6 is 0 Å². The summed E-state index contributed by atoms with van der Waals surface area (Å²) in [5, 5.41) is 5.09. The van der Waals surface area contributed by atoms with Crippen molar-refractivity contribution in [1.29, 1.82) is 0 Å². The molecule has 1 heterocycles. The normalized spacial score (nSPS) is 11.6. The van der Waals surface area contributed by atoms with Crippen molar-refractivity contribution in [1.82, 2.24) is 15.0 Å². The fourth-order valence-electron chi connectivity index (χ4n) is 8.43. The van der Waals surface area contributed by atoms with Crippen molar-refractivity contribution in [2.75, 3.05) is 0 Å². The topological polar surface area (TPSA) is 38.7 Å². The van der Waals surface area contributed by atoms with Crippen molar-refractivity contribution in [2.45, 2.75) is 0 Å². The summed E-state index contributed by atoms with van der Waals surface area (Å²) < 4.78 is 0. The predicted octanol–water partition coefficient (Wildman–Crippen LogP) is 13.8. The molecule has 9 aromatic carbocycles. The molecule has 0 fully saturated rings. The largest absolute Gasteiger partial charge is 0.208 e. The summed E-state index contributed by atoms with van der Waals surface area (Å²) in [5.74, 6) is 1.96. The van der Waals surface area contributed by atoms with Crippen molar-refractivity contribution in [3.05, 3.63) is 200 Å². The first-order valence-electron chi connectivity index (χ1n) is 19.0. The number of fused-ring (bicyclic) bond motifs is 4. The number of nitrogens with zero attached hydrogens (tertiary/aromatic N) is 3. The van der Waals surface area contributed by atoms with E-state index in [1.807, 2.05) is 60.7 Å². The minimum atomic E-state index is 0.648. The van der Waals surface area contributed by atoms with Gasteiger partial charge in [-0.05, 0) is 77.2 Å². The minimum absolute atomic E-state index is 0.648. The van der Waals surface area contributed by atoms with Crippen molar-refractivity contribution in [2.24, 2.45) is 0 Å². The Morgan fingerprint density at radius 3 is 1.00 bits per heavy atom. The number of hydrogen-bond donors (Lipinski definition) is 0. The van der Waals surface area contributed by atoms with Gasteiger partial charge in [-0.1, -0.05) is 200 Å². The van der Waals surface area contributed by atoms with Gasteiger partial charge in [0, 0.05) is 16.7 Å². The lowest BCUT2D eigenvalue weighted by molar-refractivity contribution is 1.07. The molecule has 260 valence electrons. The van der Waals surface area contributed by atoms with Gasteiger partial charge in [0.1, 0.15) is 0 Å². The Labute approximate surface area is 325 Å². The number of rotatable bonds is 6. The molecule has 0 amide bonds. The van der Waals surface area contributed by atoms with Gasteiger partial charge in [0.15, 0.2) is 17.5 Å². The molecule has 3 heteroatoms. The lowest BCUT2D eigenvalue weighted by Gasteiger charge is -2.14. The van der Waals surface area contributed by atoms with Crippen molar-refractivity contribution < 1.29 is 0 Å². The summed E-state index contributed by atoms with van der Waals surface area (Å²) in [6.45, 7) is 0. The van der Waals surface area contributed by atoms with Crippen LogP contribution in [0.1, 0.15) is 0 Å². The van der Waals surface area contributed by atoms with Crippen LogP contribution in [-0.2, 0) is 0 Å². The van der Waals surface area contributed by atoms with Gasteiger partial charge >= 0.3 is 0 Å². The van der Waals surface area contributed by atoms with Gasteiger partial charge in [0.2, 0.25) is 0 Å². The Hall–Kier alpha value is -7.49. The second-order valence-electron chi connectivity index (χ2n) is 14.3. The summed E-state index contributed by atoms with van der Waals surface area (Å²) in [7, 11) is 0. The van der Waals surface area contributed by atoms with Crippen LogP contribution in [0, 0.1) is 0 Å². The van der Waals surface area contributed by atoms with Gasteiger partial charge in [-0.25, -0.2) is 15.0 Å². The molecule has 0 aliphatic heterocycles. The first-order valence-corrected chi connectivity index (χ1v) is 19.0. The van der Waals surface area contributed by atoms with Crippen molar-refractivity contribution in [3.63, 3.8) is 0 Å². The maximum Gasteiger partial charge on any atom is 0.164 e. The molecule has 11 rings (SSSR count). The molecule has 1 aliphatic carbocycles. The van der Waals surface area contributed by atoms with Crippen LogP contribution in [-0.4, -0.2) is 15.0 Å². The molecule has 0 radical (unpaired) electrons. The zero-order chi connectivity index (χ0) is 37.0. The van der Waals surface area contributed by atoms with Gasteiger partial charge in [0.05, 0.1) is 0 Å². The van der Waals surface area contributed by atoms with Gasteiger partial charge in [-0.15, -0.1) is 0 Å². The van der Waals surface area contributed by atoms with Crippen LogP contribution in [0.2, 0.25) is 0 Å². The molecule has 3 nitrogen and oxygen atoms in total. The highest BCUT2D eigenvalue weighted by atomic mass is 15.0. The van der Waals surface area contributed by atoms with Crippen molar-refractivity contribution in [3.8, 4) is 89.8 Å². The summed E-state index contributed by atoms with van der Waals surface area (Å²) in [4.78, 5) is 14.7. The maximum absolute atomic E-state index is 4.93. The fourth-order valence-corrected chi connectivity index (χ4v) is 8.43.